The maximum atomic E-state index is 11.7. The largest absolute Gasteiger partial charge is 0.456 e. The van der Waals surface area contributed by atoms with Crippen LogP contribution in [0.15, 0.2) is 55.1 Å². The van der Waals surface area contributed by atoms with E-state index in [-0.39, 0.29) is 22.7 Å². The molecule has 2 N–H and O–H groups in total. The minimum Gasteiger partial charge on any atom is -0.456 e. The van der Waals surface area contributed by atoms with E-state index in [1.165, 1.54) is 12.1 Å². The number of anilines is 2. The second-order valence-electron chi connectivity index (χ2n) is 7.34. The molecule has 33 heavy (non-hydrogen) atoms. The highest BCUT2D eigenvalue weighted by atomic mass is 16.6. The standard InChI is InChI=1S/C25H20N4O4/c1-15-8-19(17(3)12-26)9-16(2)25(15)33-24-11-22(23(29(31)32)10-20(24)14-30)28-21-6-4-18(13-27)5-7-21/h4-11,28,30H,3,14H2,1-2H3. The van der Waals surface area contributed by atoms with Gasteiger partial charge < -0.3 is 15.2 Å². The van der Waals surface area contributed by atoms with E-state index in [1.807, 2.05) is 26.0 Å². The van der Waals surface area contributed by atoms with Crippen molar-refractivity contribution in [1.29, 1.82) is 10.5 Å². The highest BCUT2D eigenvalue weighted by Gasteiger charge is 2.21. The predicted molar refractivity (Wildman–Crippen MR) is 124 cm³/mol. The van der Waals surface area contributed by atoms with Crippen LogP contribution in [0, 0.1) is 46.6 Å². The summed E-state index contributed by atoms with van der Waals surface area (Å²) < 4.78 is 6.10. The van der Waals surface area contributed by atoms with Gasteiger partial charge >= 0.3 is 0 Å². The van der Waals surface area contributed by atoms with Gasteiger partial charge in [0, 0.05) is 23.4 Å². The number of rotatable bonds is 7. The summed E-state index contributed by atoms with van der Waals surface area (Å²) in [5.41, 5.74) is 3.68. The number of benzene rings is 3. The SMILES string of the molecule is C=C(C#N)c1cc(C)c(Oc2cc(Nc3ccc(C#N)cc3)c([N+](=O)[O-])cc2CO)c(C)c1. The van der Waals surface area contributed by atoms with Gasteiger partial charge in [-0.05, 0) is 66.9 Å². The Balaban J connectivity index is 2.06. The Kier molecular flexibility index (Phi) is 6.73. The molecule has 0 fully saturated rings. The summed E-state index contributed by atoms with van der Waals surface area (Å²) in [6, 6.07) is 16.8. The summed E-state index contributed by atoms with van der Waals surface area (Å²) in [5, 5.41) is 42.5. The molecule has 0 radical (unpaired) electrons. The molecule has 3 aromatic rings. The van der Waals surface area contributed by atoms with Crippen molar-refractivity contribution in [3.05, 3.63) is 93.0 Å². The Morgan fingerprint density at radius 2 is 1.79 bits per heavy atom. The van der Waals surface area contributed by atoms with Crippen molar-refractivity contribution < 1.29 is 14.8 Å². The number of nitro benzene ring substituents is 1. The number of ether oxygens (including phenoxy) is 1. The number of aryl methyl sites for hydroxylation is 2. The number of nitrogens with one attached hydrogen (secondary N) is 1. The quantitative estimate of drug-likeness (QED) is 0.276. The monoisotopic (exact) mass is 440 g/mol. The number of nitrogens with zero attached hydrogens (tertiary/aromatic N) is 3. The van der Waals surface area contributed by atoms with Crippen LogP contribution >= 0.6 is 0 Å². The number of nitro groups is 1. The van der Waals surface area contributed by atoms with E-state index in [0.29, 0.717) is 28.1 Å². The lowest BCUT2D eigenvalue weighted by Gasteiger charge is -2.17. The summed E-state index contributed by atoms with van der Waals surface area (Å²) in [6.45, 7) is 6.90. The number of aliphatic hydroxyl groups is 1. The van der Waals surface area contributed by atoms with E-state index in [2.05, 4.69) is 11.9 Å². The van der Waals surface area contributed by atoms with Crippen LogP contribution in [0.4, 0.5) is 17.1 Å². The fraction of sp³-hybridized carbons (Fsp3) is 0.120. The van der Waals surface area contributed by atoms with E-state index in [9.17, 15) is 15.2 Å². The number of aliphatic hydroxyl groups excluding tert-OH is 1. The molecular weight excluding hydrogens is 420 g/mol. The van der Waals surface area contributed by atoms with Gasteiger partial charge in [0.1, 0.15) is 17.2 Å². The molecule has 0 aliphatic rings. The average molecular weight is 440 g/mol. The summed E-state index contributed by atoms with van der Waals surface area (Å²) >= 11 is 0. The Bertz CT molecular complexity index is 1310. The van der Waals surface area contributed by atoms with Crippen molar-refractivity contribution >= 4 is 22.6 Å². The van der Waals surface area contributed by atoms with Gasteiger partial charge in [0.15, 0.2) is 0 Å². The van der Waals surface area contributed by atoms with Gasteiger partial charge in [0.2, 0.25) is 0 Å². The molecule has 0 aliphatic carbocycles. The summed E-state index contributed by atoms with van der Waals surface area (Å²) in [6.07, 6.45) is 0. The Hall–Kier alpha value is -4.66. The molecule has 0 spiro atoms. The van der Waals surface area contributed by atoms with Crippen molar-refractivity contribution in [1.82, 2.24) is 0 Å². The smallest absolute Gasteiger partial charge is 0.293 e. The molecule has 164 valence electrons. The van der Waals surface area contributed by atoms with Crippen LogP contribution in [-0.2, 0) is 6.61 Å². The summed E-state index contributed by atoms with van der Waals surface area (Å²) in [5.74, 6) is 0.759. The first kappa shape index (κ1) is 23.0. The molecule has 0 aliphatic heterocycles. The lowest BCUT2D eigenvalue weighted by atomic mass is 10.0. The van der Waals surface area contributed by atoms with Gasteiger partial charge in [-0.2, -0.15) is 10.5 Å². The zero-order valence-corrected chi connectivity index (χ0v) is 18.0. The maximum absolute atomic E-state index is 11.7. The molecule has 8 heteroatoms. The Morgan fingerprint density at radius 3 is 2.30 bits per heavy atom. The number of nitriles is 2. The number of allylic oxidation sites excluding steroid dienone is 1. The Labute approximate surface area is 190 Å². The van der Waals surface area contributed by atoms with Gasteiger partial charge in [-0.25, -0.2) is 0 Å². The topological polar surface area (TPSA) is 132 Å². The fourth-order valence-corrected chi connectivity index (χ4v) is 3.32. The summed E-state index contributed by atoms with van der Waals surface area (Å²) in [4.78, 5) is 11.1. The van der Waals surface area contributed by atoms with Gasteiger partial charge in [-0.15, -0.1) is 0 Å². The van der Waals surface area contributed by atoms with Crippen LogP contribution in [-0.4, -0.2) is 10.0 Å². The molecular formula is C25H20N4O4. The first-order valence-corrected chi connectivity index (χ1v) is 9.85. The summed E-state index contributed by atoms with van der Waals surface area (Å²) in [7, 11) is 0. The molecule has 3 aromatic carbocycles. The van der Waals surface area contributed by atoms with Gasteiger partial charge in [-0.1, -0.05) is 6.58 Å². The molecule has 0 bridgehead atoms. The molecule has 3 rings (SSSR count). The third-order valence-electron chi connectivity index (χ3n) is 4.99. The molecule has 0 saturated heterocycles. The molecule has 0 unspecified atom stereocenters. The molecule has 0 saturated carbocycles. The lowest BCUT2D eigenvalue weighted by Crippen LogP contribution is -2.02. The van der Waals surface area contributed by atoms with Crippen LogP contribution in [0.1, 0.15) is 27.8 Å². The number of hydrogen-bond donors (Lipinski definition) is 2. The van der Waals surface area contributed by atoms with Crippen LogP contribution in [0.5, 0.6) is 11.5 Å². The molecule has 8 nitrogen and oxygen atoms in total. The number of hydrogen-bond acceptors (Lipinski definition) is 7. The van der Waals surface area contributed by atoms with Crippen LogP contribution in [0.3, 0.4) is 0 Å². The van der Waals surface area contributed by atoms with Gasteiger partial charge in [0.25, 0.3) is 5.69 Å². The van der Waals surface area contributed by atoms with E-state index < -0.39 is 11.5 Å². The third-order valence-corrected chi connectivity index (χ3v) is 4.99. The van der Waals surface area contributed by atoms with Crippen molar-refractivity contribution in [3.63, 3.8) is 0 Å². The van der Waals surface area contributed by atoms with Gasteiger partial charge in [0.05, 0.1) is 34.8 Å². The Morgan fingerprint density at radius 1 is 1.15 bits per heavy atom. The van der Waals surface area contributed by atoms with E-state index in [4.69, 9.17) is 15.3 Å². The second-order valence-corrected chi connectivity index (χ2v) is 7.34. The minimum atomic E-state index is -0.548. The van der Waals surface area contributed by atoms with Crippen molar-refractivity contribution in [2.24, 2.45) is 0 Å². The zero-order valence-electron chi connectivity index (χ0n) is 18.0. The van der Waals surface area contributed by atoms with Crippen molar-refractivity contribution in [2.75, 3.05) is 5.32 Å². The first-order chi connectivity index (χ1) is 15.8. The third kappa shape index (κ3) is 4.99. The highest BCUT2D eigenvalue weighted by Crippen LogP contribution is 2.39. The van der Waals surface area contributed by atoms with Crippen molar-refractivity contribution in [3.8, 4) is 23.6 Å². The minimum absolute atomic E-state index is 0.168. The van der Waals surface area contributed by atoms with Crippen LogP contribution in [0.25, 0.3) is 5.57 Å². The second kappa shape index (κ2) is 9.65. The molecule has 0 amide bonds. The maximum Gasteiger partial charge on any atom is 0.293 e. The zero-order chi connectivity index (χ0) is 24.1. The average Bonchev–Trinajstić information content (AvgIpc) is 2.81. The van der Waals surface area contributed by atoms with E-state index >= 15 is 0 Å². The molecule has 0 aromatic heterocycles. The molecule has 0 atom stereocenters. The first-order valence-electron chi connectivity index (χ1n) is 9.85. The lowest BCUT2D eigenvalue weighted by molar-refractivity contribution is -0.384. The van der Waals surface area contributed by atoms with E-state index in [1.54, 1.807) is 36.4 Å². The fourth-order valence-electron chi connectivity index (χ4n) is 3.32. The van der Waals surface area contributed by atoms with Crippen molar-refractivity contribution in [2.45, 2.75) is 20.5 Å². The highest BCUT2D eigenvalue weighted by molar-refractivity contribution is 5.76. The van der Waals surface area contributed by atoms with Crippen LogP contribution in [0.2, 0.25) is 0 Å². The normalized spacial score (nSPS) is 10.1. The van der Waals surface area contributed by atoms with Gasteiger partial charge in [-0.3, -0.25) is 10.1 Å². The van der Waals surface area contributed by atoms with E-state index in [0.717, 1.165) is 11.1 Å². The molecule has 0 heterocycles. The van der Waals surface area contributed by atoms with Crippen LogP contribution < -0.4 is 10.1 Å². The predicted octanol–water partition coefficient (Wildman–Crippen LogP) is 5.65.